The Labute approximate surface area is 46.5 Å². The van der Waals surface area contributed by atoms with Crippen LogP contribution in [0.3, 0.4) is 0 Å². The summed E-state index contributed by atoms with van der Waals surface area (Å²) in [5.41, 5.74) is 0. The van der Waals surface area contributed by atoms with Crippen LogP contribution < -0.4 is 0 Å². The van der Waals surface area contributed by atoms with Gasteiger partial charge in [-0.2, -0.15) is 0 Å². The van der Waals surface area contributed by atoms with Crippen LogP contribution in [0.4, 0.5) is 0 Å². The number of rotatable bonds is 0. The van der Waals surface area contributed by atoms with Gasteiger partial charge in [0, 0.05) is 7.11 Å². The molecular formula is C3H9IO. The molecule has 0 rings (SSSR count). The summed E-state index contributed by atoms with van der Waals surface area (Å²) in [6, 6.07) is 0. The van der Waals surface area contributed by atoms with Crippen LogP contribution in [0.1, 0.15) is 6.92 Å². The first-order valence-electron chi connectivity index (χ1n) is 1.42. The Morgan fingerprint density at radius 3 is 1.60 bits per heavy atom. The first-order valence-corrected chi connectivity index (χ1v) is 2.95. The number of aliphatic hydroxyl groups excluding tert-OH is 1. The Hall–Kier alpha value is 0.690. The smallest absolute Gasteiger partial charge is 0.0319 e. The van der Waals surface area contributed by atoms with Crippen molar-refractivity contribution in [3.05, 3.63) is 0 Å². The fourth-order valence-corrected chi connectivity index (χ4v) is 0. The van der Waals surface area contributed by atoms with Gasteiger partial charge in [-0.3, -0.25) is 0 Å². The van der Waals surface area contributed by atoms with Gasteiger partial charge < -0.3 is 5.11 Å². The molecule has 0 unspecified atom stereocenters. The fraction of sp³-hybridized carbons (Fsp3) is 1.00. The number of hydrogen-bond acceptors (Lipinski definition) is 1. The quantitative estimate of drug-likeness (QED) is 0.445. The van der Waals surface area contributed by atoms with Crippen LogP contribution in [0.25, 0.3) is 0 Å². The maximum atomic E-state index is 7.00. The van der Waals surface area contributed by atoms with Gasteiger partial charge in [-0.25, -0.2) is 0 Å². The van der Waals surface area contributed by atoms with Crippen LogP contribution in [0.5, 0.6) is 0 Å². The first-order chi connectivity index (χ1) is 2.41. The lowest BCUT2D eigenvalue weighted by Gasteiger charge is -1.45. The van der Waals surface area contributed by atoms with Crippen molar-refractivity contribution >= 4 is 22.6 Å². The van der Waals surface area contributed by atoms with E-state index in [1.807, 2.05) is 0 Å². The summed E-state index contributed by atoms with van der Waals surface area (Å²) >= 11 is 2.29. The van der Waals surface area contributed by atoms with Crippen molar-refractivity contribution in [2.45, 2.75) is 6.92 Å². The summed E-state index contributed by atoms with van der Waals surface area (Å²) in [5, 5.41) is 7.00. The Morgan fingerprint density at radius 2 is 1.60 bits per heavy atom. The molecule has 0 saturated heterocycles. The zero-order valence-electron chi connectivity index (χ0n) is 3.53. The van der Waals surface area contributed by atoms with Gasteiger partial charge in [-0.1, -0.05) is 29.5 Å². The fourth-order valence-electron chi connectivity index (χ4n) is 0. The normalized spacial score (nSPS) is 4.80. The summed E-state index contributed by atoms with van der Waals surface area (Å²) in [5.74, 6) is 0. The van der Waals surface area contributed by atoms with E-state index in [4.69, 9.17) is 5.11 Å². The lowest BCUT2D eigenvalue weighted by Crippen LogP contribution is -1.33. The Balaban J connectivity index is 0. The highest BCUT2D eigenvalue weighted by atomic mass is 127. The van der Waals surface area contributed by atoms with E-state index in [1.165, 1.54) is 4.43 Å². The van der Waals surface area contributed by atoms with E-state index in [0.717, 1.165) is 7.11 Å². The third-order valence-electron chi connectivity index (χ3n) is 0. The topological polar surface area (TPSA) is 20.2 Å². The molecule has 0 aromatic carbocycles. The zero-order chi connectivity index (χ0) is 4.71. The van der Waals surface area contributed by atoms with Crippen LogP contribution in [-0.4, -0.2) is 16.6 Å². The molecule has 0 spiro atoms. The van der Waals surface area contributed by atoms with Gasteiger partial charge >= 0.3 is 0 Å². The maximum absolute atomic E-state index is 7.00. The number of aliphatic hydroxyl groups is 1. The Morgan fingerprint density at radius 1 is 1.60 bits per heavy atom. The van der Waals surface area contributed by atoms with Crippen LogP contribution in [0, 0.1) is 0 Å². The molecule has 2 heteroatoms. The molecule has 0 aliphatic heterocycles. The molecule has 0 saturated carbocycles. The number of hydrogen-bond donors (Lipinski definition) is 1. The highest BCUT2D eigenvalue weighted by Crippen LogP contribution is 1.69. The molecule has 0 aliphatic carbocycles. The number of halogens is 1. The molecule has 0 aromatic heterocycles. The van der Waals surface area contributed by atoms with Crippen molar-refractivity contribution in [1.29, 1.82) is 0 Å². The third kappa shape index (κ3) is 71.3. The molecular weight excluding hydrogens is 179 g/mol. The highest BCUT2D eigenvalue weighted by Gasteiger charge is 1.38. The highest BCUT2D eigenvalue weighted by molar-refractivity contribution is 14.1. The average molecular weight is 188 g/mol. The van der Waals surface area contributed by atoms with Crippen LogP contribution in [0.15, 0.2) is 0 Å². The lowest BCUT2D eigenvalue weighted by atomic mass is 11.0. The zero-order valence-corrected chi connectivity index (χ0v) is 5.69. The second kappa shape index (κ2) is 22.4. The molecule has 1 N–H and O–H groups in total. The van der Waals surface area contributed by atoms with E-state index in [0.29, 0.717) is 0 Å². The van der Waals surface area contributed by atoms with Gasteiger partial charge in [0.2, 0.25) is 0 Å². The molecule has 5 heavy (non-hydrogen) atoms. The molecule has 0 radical (unpaired) electrons. The van der Waals surface area contributed by atoms with E-state index in [9.17, 15) is 0 Å². The molecule has 1 nitrogen and oxygen atoms in total. The second-order valence-corrected chi connectivity index (χ2v) is 1.79. The molecule has 0 aromatic rings. The van der Waals surface area contributed by atoms with Crippen LogP contribution in [0.2, 0.25) is 0 Å². The van der Waals surface area contributed by atoms with E-state index < -0.39 is 0 Å². The van der Waals surface area contributed by atoms with Crippen molar-refractivity contribution in [3.63, 3.8) is 0 Å². The SMILES string of the molecule is CCI.CO. The largest absolute Gasteiger partial charge is 0.400 e. The van der Waals surface area contributed by atoms with Crippen molar-refractivity contribution in [1.82, 2.24) is 0 Å². The first kappa shape index (κ1) is 9.19. The minimum atomic E-state index is 1.00. The minimum Gasteiger partial charge on any atom is -0.400 e. The minimum absolute atomic E-state index is 1.00. The van der Waals surface area contributed by atoms with Gasteiger partial charge in [0.25, 0.3) is 0 Å². The number of alkyl halides is 1. The van der Waals surface area contributed by atoms with Crippen molar-refractivity contribution in [2.24, 2.45) is 0 Å². The predicted molar refractivity (Wildman–Crippen MR) is 32.7 cm³/mol. The second-order valence-electron chi connectivity index (χ2n) is 0.267. The van der Waals surface area contributed by atoms with Crippen molar-refractivity contribution in [2.75, 3.05) is 11.5 Å². The van der Waals surface area contributed by atoms with Gasteiger partial charge in [0.05, 0.1) is 0 Å². The molecule has 0 aliphatic rings. The van der Waals surface area contributed by atoms with Crippen LogP contribution >= 0.6 is 22.6 Å². The lowest BCUT2D eigenvalue weighted by molar-refractivity contribution is 0.399. The average Bonchev–Trinajstić information content (AvgIpc) is 1.46. The summed E-state index contributed by atoms with van der Waals surface area (Å²) in [7, 11) is 1.00. The summed E-state index contributed by atoms with van der Waals surface area (Å²) in [6.07, 6.45) is 0. The molecule has 0 fully saturated rings. The van der Waals surface area contributed by atoms with E-state index in [1.54, 1.807) is 0 Å². The molecule has 0 atom stereocenters. The Kier molecular flexibility index (Phi) is 41.1. The van der Waals surface area contributed by atoms with Crippen LogP contribution in [-0.2, 0) is 0 Å². The van der Waals surface area contributed by atoms with E-state index in [2.05, 4.69) is 29.5 Å². The standard InChI is InChI=1S/C2H5I.CH4O/c1-2-3;1-2/h2H2,1H3;2H,1H3. The van der Waals surface area contributed by atoms with Gasteiger partial charge in [0.15, 0.2) is 0 Å². The predicted octanol–water partition coefficient (Wildman–Crippen LogP) is 1.05. The summed E-state index contributed by atoms with van der Waals surface area (Å²) in [6.45, 7) is 2.11. The van der Waals surface area contributed by atoms with Gasteiger partial charge in [-0.05, 0) is 4.43 Å². The van der Waals surface area contributed by atoms with Gasteiger partial charge in [0.1, 0.15) is 0 Å². The molecule has 0 bridgehead atoms. The Bertz CT molecular complexity index is 6.85. The third-order valence-corrected chi connectivity index (χ3v) is 0. The molecule has 0 heterocycles. The van der Waals surface area contributed by atoms with E-state index in [-0.39, 0.29) is 0 Å². The van der Waals surface area contributed by atoms with Gasteiger partial charge in [-0.15, -0.1) is 0 Å². The maximum Gasteiger partial charge on any atom is 0.0319 e. The van der Waals surface area contributed by atoms with E-state index >= 15 is 0 Å². The molecule has 34 valence electrons. The monoisotopic (exact) mass is 188 g/mol. The summed E-state index contributed by atoms with van der Waals surface area (Å²) in [4.78, 5) is 0. The van der Waals surface area contributed by atoms with Crippen molar-refractivity contribution in [3.8, 4) is 0 Å². The summed E-state index contributed by atoms with van der Waals surface area (Å²) < 4.78 is 1.22. The molecule has 0 amide bonds. The van der Waals surface area contributed by atoms with Crippen molar-refractivity contribution < 1.29 is 5.11 Å².